The molecule has 1 heterocycles. The van der Waals surface area contributed by atoms with Gasteiger partial charge in [0.1, 0.15) is 5.69 Å². The largest absolute Gasteiger partial charge is 0.372 e. The lowest BCUT2D eigenvalue weighted by atomic mass is 10.1. The summed E-state index contributed by atoms with van der Waals surface area (Å²) < 4.78 is 32.9. The van der Waals surface area contributed by atoms with E-state index in [4.69, 9.17) is 8.92 Å². The van der Waals surface area contributed by atoms with Crippen LogP contribution in [0.3, 0.4) is 0 Å². The Morgan fingerprint density at radius 2 is 2.04 bits per heavy atom. The van der Waals surface area contributed by atoms with Crippen LogP contribution in [0.2, 0.25) is 0 Å². The Bertz CT molecular complexity index is 778. The number of nitrogens with zero attached hydrogens (tertiary/aromatic N) is 1. The van der Waals surface area contributed by atoms with Gasteiger partial charge in [-0.2, -0.15) is 8.42 Å². The second-order valence-corrected chi connectivity index (χ2v) is 7.51. The first-order valence-electron chi connectivity index (χ1n) is 8.14. The van der Waals surface area contributed by atoms with Gasteiger partial charge in [-0.3, -0.25) is 8.98 Å². The number of benzene rings is 1. The highest BCUT2D eigenvalue weighted by atomic mass is 32.2. The molecule has 0 bridgehead atoms. The Morgan fingerprint density at radius 1 is 1.31 bits per heavy atom. The van der Waals surface area contributed by atoms with Crippen LogP contribution in [0.5, 0.6) is 0 Å². The highest BCUT2D eigenvalue weighted by molar-refractivity contribution is 7.85. The lowest BCUT2D eigenvalue weighted by molar-refractivity contribution is 0.0214. The normalized spacial score (nSPS) is 13.9. The van der Waals surface area contributed by atoms with Gasteiger partial charge in [-0.1, -0.05) is 30.3 Å². The van der Waals surface area contributed by atoms with Crippen molar-refractivity contribution in [2.75, 3.05) is 12.9 Å². The van der Waals surface area contributed by atoms with Gasteiger partial charge in [0, 0.05) is 0 Å². The van der Waals surface area contributed by atoms with Gasteiger partial charge >= 0.3 is 0 Å². The summed E-state index contributed by atoms with van der Waals surface area (Å²) in [4.78, 5) is 18.8. The summed E-state index contributed by atoms with van der Waals surface area (Å²) in [7, 11) is -3.54. The van der Waals surface area contributed by atoms with E-state index in [1.165, 1.54) is 12.5 Å². The van der Waals surface area contributed by atoms with Crippen LogP contribution in [-0.2, 0) is 25.6 Å². The van der Waals surface area contributed by atoms with Crippen molar-refractivity contribution in [2.24, 2.45) is 0 Å². The number of amides is 1. The maximum atomic E-state index is 12.3. The monoisotopic (exact) mass is 381 g/mol. The smallest absolute Gasteiger partial charge is 0.269 e. The predicted octanol–water partition coefficient (Wildman–Crippen LogP) is 1.48. The molecule has 8 nitrogen and oxygen atoms in total. The summed E-state index contributed by atoms with van der Waals surface area (Å²) >= 11 is 0. The van der Waals surface area contributed by atoms with Gasteiger partial charge in [0.25, 0.3) is 16.0 Å². The topological polar surface area (TPSA) is 110 Å². The molecule has 0 saturated heterocycles. The number of ether oxygens (including phenoxy) is 1. The summed E-state index contributed by atoms with van der Waals surface area (Å²) in [5, 5.41) is 2.83. The van der Waals surface area contributed by atoms with Crippen LogP contribution in [0.1, 0.15) is 29.4 Å². The molecule has 0 aliphatic heterocycles. The highest BCUT2D eigenvalue weighted by Gasteiger charge is 2.22. The van der Waals surface area contributed by atoms with Crippen LogP contribution in [0.15, 0.2) is 42.9 Å². The third kappa shape index (κ3) is 6.95. The van der Waals surface area contributed by atoms with E-state index in [-0.39, 0.29) is 25.0 Å². The number of nitrogens with one attached hydrogen (secondary N) is 2. The van der Waals surface area contributed by atoms with Crippen molar-refractivity contribution < 1.29 is 22.1 Å². The van der Waals surface area contributed by atoms with Gasteiger partial charge in [-0.15, -0.1) is 0 Å². The minimum atomic E-state index is -3.54. The maximum absolute atomic E-state index is 12.3. The van der Waals surface area contributed by atoms with E-state index in [9.17, 15) is 13.2 Å². The Hall–Kier alpha value is -2.23. The molecule has 2 aromatic rings. The summed E-state index contributed by atoms with van der Waals surface area (Å²) in [6.07, 6.45) is 3.73. The summed E-state index contributed by atoms with van der Waals surface area (Å²) in [5.41, 5.74) is 1.32. The van der Waals surface area contributed by atoms with Gasteiger partial charge in [-0.25, -0.2) is 4.98 Å². The molecule has 1 aromatic heterocycles. The van der Waals surface area contributed by atoms with Crippen molar-refractivity contribution in [3.63, 3.8) is 0 Å². The van der Waals surface area contributed by atoms with E-state index in [0.29, 0.717) is 12.3 Å². The molecule has 0 fully saturated rings. The number of imidazole rings is 1. The average molecular weight is 381 g/mol. The standard InChI is InChI=1S/C17H23N3O5S/c1-13(24-11-14-6-4-3-5-7-14)15(8-9-25-26(2,22)23)20-17(21)16-10-18-12-19-16/h3-7,10,12-13,15H,8-9,11H2,1-2H3,(H,18,19)(H,20,21)/t13-,15+/m0/s1. The fraction of sp³-hybridized carbons (Fsp3) is 0.412. The Labute approximate surface area is 153 Å². The summed E-state index contributed by atoms with van der Waals surface area (Å²) in [6.45, 7) is 2.15. The molecule has 0 aliphatic rings. The molecule has 2 N–H and O–H groups in total. The SMILES string of the molecule is C[C@H](OCc1ccccc1)[C@@H](CCOS(C)(=O)=O)NC(=O)c1cnc[nH]1. The Morgan fingerprint density at radius 3 is 2.65 bits per heavy atom. The third-order valence-corrected chi connectivity index (χ3v) is 4.30. The molecule has 26 heavy (non-hydrogen) atoms. The number of carbonyl (C=O) groups excluding carboxylic acids is 1. The van der Waals surface area contributed by atoms with E-state index in [2.05, 4.69) is 15.3 Å². The molecule has 0 aliphatic carbocycles. The van der Waals surface area contributed by atoms with E-state index >= 15 is 0 Å². The first-order chi connectivity index (χ1) is 12.3. The lowest BCUT2D eigenvalue weighted by Gasteiger charge is -2.25. The molecule has 1 aromatic carbocycles. The number of rotatable bonds is 10. The second kappa shape index (κ2) is 9.46. The van der Waals surface area contributed by atoms with Crippen molar-refractivity contribution in [1.82, 2.24) is 15.3 Å². The summed E-state index contributed by atoms with van der Waals surface area (Å²) in [6, 6.07) is 9.20. The third-order valence-electron chi connectivity index (χ3n) is 3.71. The van der Waals surface area contributed by atoms with E-state index in [0.717, 1.165) is 11.8 Å². The zero-order valence-corrected chi connectivity index (χ0v) is 15.5. The first kappa shape index (κ1) is 20.1. The Kier molecular flexibility index (Phi) is 7.31. The average Bonchev–Trinajstić information content (AvgIpc) is 3.13. The lowest BCUT2D eigenvalue weighted by Crippen LogP contribution is -2.44. The van der Waals surface area contributed by atoms with Gasteiger partial charge in [0.2, 0.25) is 0 Å². The van der Waals surface area contributed by atoms with E-state index in [1.54, 1.807) is 0 Å². The fourth-order valence-corrected chi connectivity index (χ4v) is 2.69. The van der Waals surface area contributed by atoms with Crippen LogP contribution in [0.4, 0.5) is 0 Å². The van der Waals surface area contributed by atoms with Gasteiger partial charge in [0.15, 0.2) is 0 Å². The van der Waals surface area contributed by atoms with Gasteiger partial charge in [0.05, 0.1) is 44.1 Å². The zero-order chi connectivity index (χ0) is 19.0. The Balaban J connectivity index is 1.96. The van der Waals surface area contributed by atoms with Crippen LogP contribution in [-0.4, -0.2) is 49.3 Å². The predicted molar refractivity (Wildman–Crippen MR) is 95.9 cm³/mol. The number of hydrogen-bond donors (Lipinski definition) is 2. The number of aromatic amines is 1. The fourth-order valence-electron chi connectivity index (χ4n) is 2.29. The molecule has 2 atom stereocenters. The van der Waals surface area contributed by atoms with E-state index in [1.807, 2.05) is 37.3 Å². The minimum absolute atomic E-state index is 0.0498. The quantitative estimate of drug-likeness (QED) is 0.603. The zero-order valence-electron chi connectivity index (χ0n) is 14.7. The molecular formula is C17H23N3O5S. The number of hydrogen-bond acceptors (Lipinski definition) is 6. The molecule has 0 radical (unpaired) electrons. The molecule has 142 valence electrons. The summed E-state index contributed by atoms with van der Waals surface area (Å²) in [5.74, 6) is -0.345. The molecule has 0 saturated carbocycles. The molecule has 2 rings (SSSR count). The van der Waals surface area contributed by atoms with Crippen LogP contribution in [0, 0.1) is 0 Å². The van der Waals surface area contributed by atoms with Crippen molar-refractivity contribution >= 4 is 16.0 Å². The van der Waals surface area contributed by atoms with Crippen molar-refractivity contribution in [2.45, 2.75) is 32.1 Å². The van der Waals surface area contributed by atoms with Gasteiger partial charge in [-0.05, 0) is 18.9 Å². The highest BCUT2D eigenvalue weighted by Crippen LogP contribution is 2.10. The van der Waals surface area contributed by atoms with Crippen LogP contribution < -0.4 is 5.32 Å². The number of H-pyrrole nitrogens is 1. The van der Waals surface area contributed by atoms with Crippen LogP contribution in [0.25, 0.3) is 0 Å². The van der Waals surface area contributed by atoms with Crippen LogP contribution >= 0.6 is 0 Å². The number of carbonyl (C=O) groups is 1. The molecule has 1 amide bonds. The molecular weight excluding hydrogens is 358 g/mol. The second-order valence-electron chi connectivity index (χ2n) is 5.86. The van der Waals surface area contributed by atoms with Crippen molar-refractivity contribution in [3.05, 3.63) is 54.1 Å². The number of aromatic nitrogens is 2. The minimum Gasteiger partial charge on any atom is -0.372 e. The van der Waals surface area contributed by atoms with Crippen molar-refractivity contribution in [1.29, 1.82) is 0 Å². The molecule has 9 heteroatoms. The molecule has 0 spiro atoms. The van der Waals surface area contributed by atoms with Gasteiger partial charge < -0.3 is 15.0 Å². The van der Waals surface area contributed by atoms with Crippen molar-refractivity contribution in [3.8, 4) is 0 Å². The van der Waals surface area contributed by atoms with E-state index < -0.39 is 16.2 Å². The maximum Gasteiger partial charge on any atom is 0.269 e. The molecule has 0 unspecified atom stereocenters. The first-order valence-corrected chi connectivity index (χ1v) is 9.96.